The van der Waals surface area contributed by atoms with E-state index in [0.29, 0.717) is 12.5 Å². The van der Waals surface area contributed by atoms with E-state index in [1.807, 2.05) is 13.8 Å². The Hall–Kier alpha value is -1.82. The van der Waals surface area contributed by atoms with Crippen molar-refractivity contribution in [1.29, 1.82) is 0 Å². The number of aromatic nitrogens is 1. The summed E-state index contributed by atoms with van der Waals surface area (Å²) < 4.78 is 0. The van der Waals surface area contributed by atoms with Crippen molar-refractivity contribution in [3.8, 4) is 0 Å². The van der Waals surface area contributed by atoms with Gasteiger partial charge in [-0.05, 0) is 12.0 Å². The second-order valence-electron chi connectivity index (χ2n) is 4.47. The van der Waals surface area contributed by atoms with Gasteiger partial charge in [-0.1, -0.05) is 25.4 Å². The van der Waals surface area contributed by atoms with Crippen LogP contribution >= 0.6 is 11.6 Å². The van der Waals surface area contributed by atoms with E-state index in [1.165, 1.54) is 12.3 Å². The smallest absolute Gasteiger partial charge is 0.253 e. The molecule has 1 heterocycles. The molecule has 0 unspecified atom stereocenters. The summed E-state index contributed by atoms with van der Waals surface area (Å²) in [5.41, 5.74) is 5.67. The zero-order valence-electron chi connectivity index (χ0n) is 10.9. The summed E-state index contributed by atoms with van der Waals surface area (Å²) in [4.78, 5) is 27.0. The summed E-state index contributed by atoms with van der Waals surface area (Å²) in [5.74, 6) is -0.160. The number of halogens is 1. The van der Waals surface area contributed by atoms with Crippen LogP contribution in [0.3, 0.4) is 0 Å². The Bertz CT molecular complexity index is 477. The molecule has 1 aromatic rings. The quantitative estimate of drug-likeness (QED) is 0.746. The molecule has 0 bridgehead atoms. The monoisotopic (exact) mass is 284 g/mol. The van der Waals surface area contributed by atoms with Gasteiger partial charge >= 0.3 is 0 Å². The van der Waals surface area contributed by atoms with Gasteiger partial charge in [0.1, 0.15) is 5.82 Å². The summed E-state index contributed by atoms with van der Waals surface area (Å²) in [6, 6.07) is 1.36. The van der Waals surface area contributed by atoms with Crippen LogP contribution in [-0.2, 0) is 4.79 Å². The number of nitrogens with two attached hydrogens (primary N) is 1. The summed E-state index contributed by atoms with van der Waals surface area (Å²) in [5, 5.41) is 5.35. The molecule has 2 amide bonds. The van der Waals surface area contributed by atoms with E-state index in [-0.39, 0.29) is 28.9 Å². The van der Waals surface area contributed by atoms with Gasteiger partial charge in [-0.15, -0.1) is 0 Å². The number of anilines is 1. The van der Waals surface area contributed by atoms with Crippen LogP contribution in [-0.4, -0.2) is 29.9 Å². The number of rotatable bonds is 5. The number of carbonyl (C=O) groups excluding carboxylic acids is 2. The lowest BCUT2D eigenvalue weighted by molar-refractivity contribution is -0.120. The molecule has 1 aromatic heterocycles. The standard InChI is InChI=1S/C12H17ClN4O2/c1-7(2)4-16-11(18)6-17-12(19)8-3-10(14)15-5-9(8)13/h3,5,7H,4,6H2,1-2H3,(H2,14,15)(H,16,18)(H,17,19). The highest BCUT2D eigenvalue weighted by atomic mass is 35.5. The number of nitrogens with zero attached hydrogens (tertiary/aromatic N) is 1. The average Bonchev–Trinajstić information content (AvgIpc) is 2.36. The Labute approximate surface area is 116 Å². The molecular formula is C12H17ClN4O2. The Morgan fingerprint density at radius 2 is 2.11 bits per heavy atom. The first-order chi connectivity index (χ1) is 8.90. The maximum atomic E-state index is 11.8. The van der Waals surface area contributed by atoms with Crippen molar-refractivity contribution < 1.29 is 9.59 Å². The number of nitrogens with one attached hydrogen (secondary N) is 2. The van der Waals surface area contributed by atoms with E-state index in [2.05, 4.69) is 15.6 Å². The molecule has 1 rings (SSSR count). The van der Waals surface area contributed by atoms with E-state index in [4.69, 9.17) is 17.3 Å². The molecule has 6 nitrogen and oxygen atoms in total. The maximum absolute atomic E-state index is 11.8. The van der Waals surface area contributed by atoms with Crippen molar-refractivity contribution >= 4 is 29.2 Å². The van der Waals surface area contributed by atoms with Crippen molar-refractivity contribution in [1.82, 2.24) is 15.6 Å². The van der Waals surface area contributed by atoms with E-state index >= 15 is 0 Å². The van der Waals surface area contributed by atoms with Gasteiger partial charge in [0.15, 0.2) is 0 Å². The second-order valence-corrected chi connectivity index (χ2v) is 4.88. The molecule has 7 heteroatoms. The third-order valence-electron chi connectivity index (χ3n) is 2.24. The van der Waals surface area contributed by atoms with E-state index in [1.54, 1.807) is 0 Å². The maximum Gasteiger partial charge on any atom is 0.253 e. The van der Waals surface area contributed by atoms with Crippen LogP contribution in [0.5, 0.6) is 0 Å². The Morgan fingerprint density at radius 1 is 1.42 bits per heavy atom. The lowest BCUT2D eigenvalue weighted by Crippen LogP contribution is -2.38. The number of nitrogen functional groups attached to an aromatic ring is 1. The van der Waals surface area contributed by atoms with E-state index in [9.17, 15) is 9.59 Å². The molecule has 0 radical (unpaired) electrons. The molecule has 0 fully saturated rings. The van der Waals surface area contributed by atoms with E-state index < -0.39 is 5.91 Å². The lowest BCUT2D eigenvalue weighted by Gasteiger charge is -2.09. The first-order valence-corrected chi connectivity index (χ1v) is 6.24. The minimum Gasteiger partial charge on any atom is -0.384 e. The zero-order chi connectivity index (χ0) is 14.4. The van der Waals surface area contributed by atoms with Crippen LogP contribution in [0.25, 0.3) is 0 Å². The second kappa shape index (κ2) is 6.94. The van der Waals surface area contributed by atoms with Gasteiger partial charge < -0.3 is 16.4 Å². The van der Waals surface area contributed by atoms with Gasteiger partial charge in [-0.2, -0.15) is 0 Å². The zero-order valence-corrected chi connectivity index (χ0v) is 11.6. The summed E-state index contributed by atoms with van der Waals surface area (Å²) >= 11 is 5.83. The summed E-state index contributed by atoms with van der Waals surface area (Å²) in [6.07, 6.45) is 1.30. The summed E-state index contributed by atoms with van der Waals surface area (Å²) in [6.45, 7) is 4.43. The van der Waals surface area contributed by atoms with Gasteiger partial charge in [0, 0.05) is 12.7 Å². The Kier molecular flexibility index (Phi) is 5.57. The molecule has 0 aliphatic rings. The fraction of sp³-hybridized carbons (Fsp3) is 0.417. The molecular weight excluding hydrogens is 268 g/mol. The van der Waals surface area contributed by atoms with Gasteiger partial charge in [0.05, 0.1) is 17.1 Å². The predicted molar refractivity (Wildman–Crippen MR) is 73.8 cm³/mol. The molecule has 0 aliphatic carbocycles. The minimum atomic E-state index is -0.459. The van der Waals surface area contributed by atoms with Crippen LogP contribution in [0.4, 0.5) is 5.82 Å². The molecule has 0 aromatic carbocycles. The first-order valence-electron chi connectivity index (χ1n) is 5.86. The molecule has 0 saturated carbocycles. The number of hydrogen-bond acceptors (Lipinski definition) is 4. The van der Waals surface area contributed by atoms with Gasteiger partial charge in [0.25, 0.3) is 5.91 Å². The molecule has 4 N–H and O–H groups in total. The van der Waals surface area contributed by atoms with Gasteiger partial charge in [0.2, 0.25) is 5.91 Å². The van der Waals surface area contributed by atoms with Crippen LogP contribution in [0.1, 0.15) is 24.2 Å². The molecule has 0 saturated heterocycles. The highest BCUT2D eigenvalue weighted by Crippen LogP contribution is 2.16. The lowest BCUT2D eigenvalue weighted by atomic mass is 10.2. The summed E-state index contributed by atoms with van der Waals surface area (Å²) in [7, 11) is 0. The van der Waals surface area contributed by atoms with Crippen molar-refractivity contribution in [2.24, 2.45) is 5.92 Å². The molecule has 0 atom stereocenters. The third-order valence-corrected chi connectivity index (χ3v) is 2.54. The van der Waals surface area contributed by atoms with Crippen molar-refractivity contribution in [3.63, 3.8) is 0 Å². The van der Waals surface area contributed by atoms with Gasteiger partial charge in [-0.25, -0.2) is 4.98 Å². The number of pyridine rings is 1. The van der Waals surface area contributed by atoms with Crippen LogP contribution in [0.15, 0.2) is 12.3 Å². The highest BCUT2D eigenvalue weighted by molar-refractivity contribution is 6.33. The van der Waals surface area contributed by atoms with Crippen LogP contribution in [0, 0.1) is 5.92 Å². The van der Waals surface area contributed by atoms with E-state index in [0.717, 1.165) is 0 Å². The Balaban J connectivity index is 2.51. The predicted octanol–water partition coefficient (Wildman–Crippen LogP) is 0.819. The number of amides is 2. The highest BCUT2D eigenvalue weighted by Gasteiger charge is 2.12. The average molecular weight is 285 g/mol. The minimum absolute atomic E-state index is 0.107. The van der Waals surface area contributed by atoms with Crippen LogP contribution in [0.2, 0.25) is 5.02 Å². The third kappa shape index (κ3) is 5.13. The molecule has 104 valence electrons. The number of carbonyl (C=O) groups is 2. The fourth-order valence-corrected chi connectivity index (χ4v) is 1.45. The molecule has 0 aliphatic heterocycles. The topological polar surface area (TPSA) is 97.1 Å². The first kappa shape index (κ1) is 15.2. The SMILES string of the molecule is CC(C)CNC(=O)CNC(=O)c1cc(N)ncc1Cl. The van der Waals surface area contributed by atoms with Crippen molar-refractivity contribution in [2.45, 2.75) is 13.8 Å². The van der Waals surface area contributed by atoms with Crippen LogP contribution < -0.4 is 16.4 Å². The van der Waals surface area contributed by atoms with Crippen molar-refractivity contribution in [2.75, 3.05) is 18.8 Å². The fourth-order valence-electron chi connectivity index (χ4n) is 1.27. The van der Waals surface area contributed by atoms with Crippen molar-refractivity contribution in [3.05, 3.63) is 22.8 Å². The normalized spacial score (nSPS) is 10.3. The molecule has 19 heavy (non-hydrogen) atoms. The largest absolute Gasteiger partial charge is 0.384 e. The van der Waals surface area contributed by atoms with Gasteiger partial charge in [-0.3, -0.25) is 9.59 Å². The Morgan fingerprint density at radius 3 is 2.74 bits per heavy atom. The number of hydrogen-bond donors (Lipinski definition) is 3. The molecule has 0 spiro atoms.